The van der Waals surface area contributed by atoms with Gasteiger partial charge in [0.1, 0.15) is 0 Å². The molecule has 0 amide bonds. The molecule has 1 aliphatic heterocycles. The zero-order chi connectivity index (χ0) is 5.66. The summed E-state index contributed by atoms with van der Waals surface area (Å²) in [7, 11) is 0. The van der Waals surface area contributed by atoms with Gasteiger partial charge in [-0.15, -0.1) is 0 Å². The summed E-state index contributed by atoms with van der Waals surface area (Å²) in [6.45, 7) is 4.21. The van der Waals surface area contributed by atoms with E-state index in [2.05, 4.69) is 10.6 Å². The molecular formula is C6H13N2. The summed E-state index contributed by atoms with van der Waals surface area (Å²) in [5.74, 6) is 0. The van der Waals surface area contributed by atoms with Crippen molar-refractivity contribution >= 4 is 0 Å². The highest BCUT2D eigenvalue weighted by molar-refractivity contribution is 4.62. The van der Waals surface area contributed by atoms with Gasteiger partial charge >= 0.3 is 0 Å². The van der Waals surface area contributed by atoms with Crippen molar-refractivity contribution in [2.45, 2.75) is 19.3 Å². The van der Waals surface area contributed by atoms with Gasteiger partial charge in [-0.2, -0.15) is 0 Å². The van der Waals surface area contributed by atoms with E-state index in [-0.39, 0.29) is 0 Å². The van der Waals surface area contributed by atoms with Gasteiger partial charge in [-0.1, -0.05) is 6.42 Å². The maximum atomic E-state index is 3.15. The highest BCUT2D eigenvalue weighted by Gasteiger charge is 1.93. The third-order valence-electron chi connectivity index (χ3n) is 1.35. The van der Waals surface area contributed by atoms with Crippen LogP contribution < -0.4 is 10.6 Å². The molecule has 0 aromatic heterocycles. The molecule has 8 heavy (non-hydrogen) atoms. The maximum Gasteiger partial charge on any atom is 0.0866 e. The average Bonchev–Trinajstić information content (AvgIpc) is 1.62. The van der Waals surface area contributed by atoms with E-state index in [1.165, 1.54) is 19.3 Å². The molecule has 0 saturated carbocycles. The molecule has 0 aliphatic carbocycles. The Morgan fingerprint density at radius 3 is 2.12 bits per heavy atom. The Labute approximate surface area is 50.7 Å². The van der Waals surface area contributed by atoms with Gasteiger partial charge < -0.3 is 0 Å². The van der Waals surface area contributed by atoms with Crippen LogP contribution in [0.5, 0.6) is 0 Å². The number of rotatable bonds is 0. The molecule has 0 unspecified atom stereocenters. The molecule has 1 rings (SSSR count). The van der Waals surface area contributed by atoms with Crippen molar-refractivity contribution in [2.75, 3.05) is 13.1 Å². The van der Waals surface area contributed by atoms with Crippen molar-refractivity contribution in [1.82, 2.24) is 10.6 Å². The predicted molar refractivity (Wildman–Crippen MR) is 34.2 cm³/mol. The lowest BCUT2D eigenvalue weighted by molar-refractivity contribution is 0.549. The molecule has 47 valence electrons. The Balaban J connectivity index is 2.00. The summed E-state index contributed by atoms with van der Waals surface area (Å²) >= 11 is 0. The van der Waals surface area contributed by atoms with Crippen LogP contribution in [0, 0.1) is 6.67 Å². The Kier molecular flexibility index (Phi) is 2.92. The Bertz CT molecular complexity index is 30.5. The van der Waals surface area contributed by atoms with E-state index in [1.54, 1.807) is 0 Å². The first-order valence-electron chi connectivity index (χ1n) is 3.28. The zero-order valence-corrected chi connectivity index (χ0v) is 5.11. The van der Waals surface area contributed by atoms with Crippen molar-refractivity contribution in [3.05, 3.63) is 6.67 Å². The summed E-state index contributed by atoms with van der Waals surface area (Å²) in [4.78, 5) is 0. The van der Waals surface area contributed by atoms with E-state index in [0.717, 1.165) is 13.1 Å². The second-order valence-electron chi connectivity index (χ2n) is 2.11. The van der Waals surface area contributed by atoms with E-state index in [1.807, 2.05) is 6.67 Å². The first-order chi connectivity index (χ1) is 4.00. The molecule has 0 bridgehead atoms. The van der Waals surface area contributed by atoms with E-state index >= 15 is 0 Å². The van der Waals surface area contributed by atoms with Crippen LogP contribution >= 0.6 is 0 Å². The van der Waals surface area contributed by atoms with Crippen LogP contribution in [0.3, 0.4) is 0 Å². The monoisotopic (exact) mass is 113 g/mol. The van der Waals surface area contributed by atoms with Gasteiger partial charge in [-0.25, -0.2) is 0 Å². The van der Waals surface area contributed by atoms with Crippen molar-refractivity contribution in [3.63, 3.8) is 0 Å². The van der Waals surface area contributed by atoms with Crippen LogP contribution in [-0.2, 0) is 0 Å². The molecule has 0 atom stereocenters. The second kappa shape index (κ2) is 3.87. The highest BCUT2D eigenvalue weighted by Crippen LogP contribution is 1.94. The minimum absolute atomic E-state index is 1.13. The SMILES string of the molecule is [CH]1NCCCCCN1. The van der Waals surface area contributed by atoms with E-state index in [4.69, 9.17) is 0 Å². The lowest BCUT2D eigenvalue weighted by Crippen LogP contribution is -2.26. The lowest BCUT2D eigenvalue weighted by atomic mass is 10.2. The van der Waals surface area contributed by atoms with Gasteiger partial charge in [0.05, 0.1) is 6.67 Å². The quantitative estimate of drug-likeness (QED) is 0.477. The molecule has 1 aliphatic rings. The normalized spacial score (nSPS) is 24.0. The minimum atomic E-state index is 1.13. The fourth-order valence-electron chi connectivity index (χ4n) is 0.847. The number of hydrogen-bond donors (Lipinski definition) is 2. The molecule has 2 N–H and O–H groups in total. The smallest absolute Gasteiger partial charge is 0.0866 e. The maximum absolute atomic E-state index is 3.15. The summed E-state index contributed by atoms with van der Waals surface area (Å²) < 4.78 is 0. The second-order valence-corrected chi connectivity index (χ2v) is 2.11. The Morgan fingerprint density at radius 1 is 0.875 bits per heavy atom. The summed E-state index contributed by atoms with van der Waals surface area (Å²) in [6.07, 6.45) is 3.99. The lowest BCUT2D eigenvalue weighted by Gasteiger charge is -2.09. The van der Waals surface area contributed by atoms with Gasteiger partial charge in [-0.05, 0) is 25.9 Å². The molecule has 2 heteroatoms. The van der Waals surface area contributed by atoms with Gasteiger partial charge in [0.15, 0.2) is 0 Å². The molecule has 0 aromatic rings. The molecule has 1 fully saturated rings. The van der Waals surface area contributed by atoms with Crippen LogP contribution in [0.15, 0.2) is 0 Å². The Morgan fingerprint density at radius 2 is 1.50 bits per heavy atom. The van der Waals surface area contributed by atoms with E-state index in [0.29, 0.717) is 0 Å². The van der Waals surface area contributed by atoms with Crippen LogP contribution in [0.4, 0.5) is 0 Å². The van der Waals surface area contributed by atoms with Gasteiger partial charge in [0.25, 0.3) is 0 Å². The number of nitrogens with one attached hydrogen (secondary N) is 2. The summed E-state index contributed by atoms with van der Waals surface area (Å²) in [5.41, 5.74) is 0. The molecule has 2 nitrogen and oxygen atoms in total. The van der Waals surface area contributed by atoms with Crippen LogP contribution in [-0.4, -0.2) is 13.1 Å². The minimum Gasteiger partial charge on any atom is -0.299 e. The first-order valence-corrected chi connectivity index (χ1v) is 3.28. The zero-order valence-electron chi connectivity index (χ0n) is 5.11. The third kappa shape index (κ3) is 2.28. The molecule has 1 heterocycles. The van der Waals surface area contributed by atoms with Crippen LogP contribution in [0.1, 0.15) is 19.3 Å². The molecule has 1 saturated heterocycles. The summed E-state index contributed by atoms with van der Waals surface area (Å²) in [5, 5.41) is 6.30. The van der Waals surface area contributed by atoms with Gasteiger partial charge in [-0.3, -0.25) is 10.6 Å². The fourth-order valence-corrected chi connectivity index (χ4v) is 0.847. The fraction of sp³-hybridized carbons (Fsp3) is 0.833. The summed E-state index contributed by atoms with van der Waals surface area (Å²) in [6, 6.07) is 0. The number of hydrogen-bond acceptors (Lipinski definition) is 2. The average molecular weight is 113 g/mol. The molecule has 0 spiro atoms. The van der Waals surface area contributed by atoms with Crippen LogP contribution in [0.25, 0.3) is 0 Å². The Hall–Kier alpha value is -0.0800. The van der Waals surface area contributed by atoms with E-state index < -0.39 is 0 Å². The van der Waals surface area contributed by atoms with Gasteiger partial charge in [0, 0.05) is 0 Å². The first kappa shape index (κ1) is 6.05. The highest BCUT2D eigenvalue weighted by atomic mass is 15.1. The van der Waals surface area contributed by atoms with Crippen molar-refractivity contribution in [3.8, 4) is 0 Å². The largest absolute Gasteiger partial charge is 0.299 e. The standard InChI is InChI=1S/C6H13N2/c1-2-4-7-6-8-5-3-1/h6-8H,1-5H2. The van der Waals surface area contributed by atoms with Gasteiger partial charge in [0.2, 0.25) is 0 Å². The van der Waals surface area contributed by atoms with Crippen molar-refractivity contribution in [1.29, 1.82) is 0 Å². The van der Waals surface area contributed by atoms with Crippen molar-refractivity contribution < 1.29 is 0 Å². The third-order valence-corrected chi connectivity index (χ3v) is 1.35. The molecular weight excluding hydrogens is 100 g/mol. The topological polar surface area (TPSA) is 24.1 Å². The van der Waals surface area contributed by atoms with E-state index in [9.17, 15) is 0 Å². The van der Waals surface area contributed by atoms with Crippen molar-refractivity contribution in [2.24, 2.45) is 0 Å². The molecule has 0 aromatic carbocycles. The predicted octanol–water partition coefficient (Wildman–Crippen LogP) is 0.469. The molecule has 1 radical (unpaired) electrons. The van der Waals surface area contributed by atoms with Crippen LogP contribution in [0.2, 0.25) is 0 Å².